The maximum atomic E-state index is 3.20. The topological polar surface area (TPSA) is 0 Å². The van der Waals surface area contributed by atoms with E-state index in [9.17, 15) is 0 Å². The fraction of sp³-hybridized carbons (Fsp3) is 0.556. The summed E-state index contributed by atoms with van der Waals surface area (Å²) in [5, 5.41) is 0. The van der Waals surface area contributed by atoms with Gasteiger partial charge in [0, 0.05) is 34.3 Å². The molecule has 1 aliphatic rings. The van der Waals surface area contributed by atoms with Gasteiger partial charge in [-0.15, -0.1) is 31.2 Å². The molecule has 13 heavy (non-hydrogen) atoms. The zero-order valence-electron chi connectivity index (χ0n) is 8.39. The zero-order valence-corrected chi connectivity index (χ0v) is 13.5. The van der Waals surface area contributed by atoms with Crippen LogP contribution in [0.3, 0.4) is 0 Å². The van der Waals surface area contributed by atoms with Gasteiger partial charge < -0.3 is 0 Å². The molecule has 0 radical (unpaired) electrons. The molecule has 0 atom stereocenters. The van der Waals surface area contributed by atoms with Gasteiger partial charge in [-0.1, -0.05) is 25.7 Å². The van der Waals surface area contributed by atoms with Crippen LogP contribution in [0.1, 0.15) is 6.42 Å². The molecule has 0 aromatic carbocycles. The largest absolute Gasteiger partial charge is 0.273 e. The Balaban J connectivity index is -0.000000333. The quantitative estimate of drug-likeness (QED) is 0.536. The molecule has 0 unspecified atom stereocenters. The fourth-order valence-electron chi connectivity index (χ4n) is 1.17. The molecule has 0 aliphatic heterocycles. The van der Waals surface area contributed by atoms with Crippen LogP contribution >= 0.6 is 24.8 Å². The van der Waals surface area contributed by atoms with E-state index in [-0.39, 0.29) is 51.0 Å². The molecule has 0 saturated carbocycles. The molecule has 0 aromatic heterocycles. The first-order valence-electron chi connectivity index (χ1n) is 3.83. The number of rotatable bonds is 2. The second-order valence-corrected chi connectivity index (χ2v) is 9.54. The van der Waals surface area contributed by atoms with E-state index in [0.717, 1.165) is 6.42 Å². The van der Waals surface area contributed by atoms with Crippen LogP contribution in [-0.4, -0.2) is 8.07 Å². The van der Waals surface area contributed by atoms with Crippen molar-refractivity contribution < 1.29 is 26.2 Å². The van der Waals surface area contributed by atoms with Gasteiger partial charge in [0.2, 0.25) is 0 Å². The van der Waals surface area contributed by atoms with Gasteiger partial charge in [0.25, 0.3) is 0 Å². The van der Waals surface area contributed by atoms with Crippen LogP contribution in [-0.2, 0) is 26.2 Å². The maximum absolute atomic E-state index is 3.20. The monoisotopic (exact) mass is 313 g/mol. The second kappa shape index (κ2) is 8.47. The van der Waals surface area contributed by atoms with Crippen molar-refractivity contribution in [1.82, 2.24) is 0 Å². The van der Waals surface area contributed by atoms with E-state index in [1.54, 1.807) is 0 Å². The van der Waals surface area contributed by atoms with Gasteiger partial charge in [-0.2, -0.15) is 6.08 Å². The Bertz CT molecular complexity index is 183. The molecular weight excluding hydrogens is 298 g/mol. The van der Waals surface area contributed by atoms with E-state index in [1.165, 1.54) is 11.6 Å². The predicted molar refractivity (Wildman–Crippen MR) is 63.2 cm³/mol. The van der Waals surface area contributed by atoms with Gasteiger partial charge in [-0.25, -0.2) is 11.6 Å². The Morgan fingerprint density at radius 2 is 1.85 bits per heavy atom. The van der Waals surface area contributed by atoms with Crippen LogP contribution in [0.25, 0.3) is 0 Å². The van der Waals surface area contributed by atoms with Gasteiger partial charge in [0.1, 0.15) is 0 Å². The van der Waals surface area contributed by atoms with E-state index in [1.807, 2.05) is 0 Å². The van der Waals surface area contributed by atoms with Crippen molar-refractivity contribution in [1.29, 1.82) is 0 Å². The minimum Gasteiger partial charge on any atom is -0.273 e. The number of hydrogen-bond acceptors (Lipinski definition) is 0. The van der Waals surface area contributed by atoms with E-state index in [0.29, 0.717) is 0 Å². The van der Waals surface area contributed by atoms with E-state index in [2.05, 4.69) is 37.9 Å². The molecule has 0 saturated heterocycles. The van der Waals surface area contributed by atoms with Crippen molar-refractivity contribution in [3.05, 3.63) is 23.8 Å². The third kappa shape index (κ3) is 9.46. The predicted octanol–water partition coefficient (Wildman–Crippen LogP) is 3.86. The molecule has 1 aliphatic carbocycles. The van der Waals surface area contributed by atoms with E-state index >= 15 is 0 Å². The molecule has 0 amide bonds. The second-order valence-electron chi connectivity index (χ2n) is 4.07. The Hall–Kier alpha value is 1.16. The summed E-state index contributed by atoms with van der Waals surface area (Å²) < 4.78 is 0. The Morgan fingerprint density at radius 3 is 2.15 bits per heavy atom. The number of allylic oxidation sites excluding steroid dienone is 4. The molecule has 0 spiro atoms. The van der Waals surface area contributed by atoms with E-state index < -0.39 is 8.07 Å². The summed E-state index contributed by atoms with van der Waals surface area (Å²) in [6.45, 7) is 7.21. The third-order valence-electron chi connectivity index (χ3n) is 1.50. The molecule has 0 nitrogen and oxygen atoms in total. The van der Waals surface area contributed by atoms with Crippen molar-refractivity contribution in [3.8, 4) is 0 Å². The average Bonchev–Trinajstić information content (AvgIpc) is 2.12. The molecule has 0 N–H and O–H groups in total. The van der Waals surface area contributed by atoms with Crippen molar-refractivity contribution in [3.63, 3.8) is 0 Å². The van der Waals surface area contributed by atoms with Gasteiger partial charge in [0.15, 0.2) is 0 Å². The van der Waals surface area contributed by atoms with E-state index in [4.69, 9.17) is 0 Å². The first kappa shape index (κ1) is 19.7. The first-order valence-corrected chi connectivity index (χ1v) is 7.54. The third-order valence-corrected chi connectivity index (χ3v) is 2.97. The summed E-state index contributed by atoms with van der Waals surface area (Å²) in [4.78, 5) is 0. The summed E-state index contributed by atoms with van der Waals surface area (Å²) in [7, 11) is -0.862. The minimum atomic E-state index is -0.862. The average molecular weight is 315 g/mol. The Labute approximate surface area is 114 Å². The van der Waals surface area contributed by atoms with Crippen molar-refractivity contribution >= 4 is 32.9 Å². The molecule has 4 heteroatoms. The summed E-state index contributed by atoms with van der Waals surface area (Å²) >= 11 is 0. The summed E-state index contributed by atoms with van der Waals surface area (Å²) in [6, 6.07) is 1.32. The molecule has 0 heterocycles. The SMILES string of the molecule is C[Si](C)(C)CC1=CC[C-]=C1.Cl.Cl.[Zr]. The van der Waals surface area contributed by atoms with Crippen molar-refractivity contribution in [2.45, 2.75) is 32.1 Å². The molecular formula is C9H17Cl2SiZr-. The first-order chi connectivity index (χ1) is 4.58. The molecule has 0 bridgehead atoms. The summed E-state index contributed by atoms with van der Waals surface area (Å²) in [5.74, 6) is 0. The van der Waals surface area contributed by atoms with Gasteiger partial charge >= 0.3 is 0 Å². The standard InChI is InChI=1S/C9H15Si.2ClH.Zr/c1-10(2,3)8-9-6-4-5-7-9;;;/h6-7H,4,8H2,1-3H3;2*1H;/q-1;;;. The Kier molecular flexibility index (Phi) is 12.8. The van der Waals surface area contributed by atoms with Gasteiger partial charge in [-0.05, 0) is 0 Å². The Morgan fingerprint density at radius 1 is 1.31 bits per heavy atom. The van der Waals surface area contributed by atoms with Crippen molar-refractivity contribution in [2.24, 2.45) is 0 Å². The molecule has 1 rings (SSSR count). The number of hydrogen-bond donors (Lipinski definition) is 0. The molecule has 0 fully saturated rings. The van der Waals surface area contributed by atoms with Crippen LogP contribution in [0.15, 0.2) is 17.7 Å². The van der Waals surface area contributed by atoms with Crippen LogP contribution < -0.4 is 0 Å². The van der Waals surface area contributed by atoms with Gasteiger partial charge in [0.05, 0.1) is 0 Å². The van der Waals surface area contributed by atoms with Gasteiger partial charge in [-0.3, -0.25) is 6.08 Å². The van der Waals surface area contributed by atoms with Crippen LogP contribution in [0, 0.1) is 6.08 Å². The minimum absolute atomic E-state index is 0. The van der Waals surface area contributed by atoms with Crippen molar-refractivity contribution in [2.75, 3.05) is 0 Å². The maximum Gasteiger partial charge on any atom is 0.0319 e. The van der Waals surface area contributed by atoms with Crippen LogP contribution in [0.5, 0.6) is 0 Å². The smallest absolute Gasteiger partial charge is 0.0319 e. The normalized spacial score (nSPS) is 13.6. The molecule has 76 valence electrons. The summed E-state index contributed by atoms with van der Waals surface area (Å²) in [5.41, 5.74) is 1.51. The summed E-state index contributed by atoms with van der Waals surface area (Å²) in [6.07, 6.45) is 8.68. The fourth-order valence-corrected chi connectivity index (χ4v) is 2.65. The van der Waals surface area contributed by atoms with Crippen LogP contribution in [0.4, 0.5) is 0 Å². The van der Waals surface area contributed by atoms with Crippen LogP contribution in [0.2, 0.25) is 25.7 Å². The number of halogens is 2. The molecule has 0 aromatic rings. The zero-order chi connectivity index (χ0) is 7.61.